The van der Waals surface area contributed by atoms with Gasteiger partial charge in [0.1, 0.15) is 5.75 Å². The van der Waals surface area contributed by atoms with Crippen molar-refractivity contribution in [1.29, 1.82) is 0 Å². The van der Waals surface area contributed by atoms with E-state index in [2.05, 4.69) is 29.1 Å². The zero-order chi connectivity index (χ0) is 25.5. The summed E-state index contributed by atoms with van der Waals surface area (Å²) in [6.07, 6.45) is 8.97. The van der Waals surface area contributed by atoms with Crippen molar-refractivity contribution in [3.63, 3.8) is 0 Å². The molecule has 36 heavy (non-hydrogen) atoms. The summed E-state index contributed by atoms with van der Waals surface area (Å²) >= 11 is 6.07. The van der Waals surface area contributed by atoms with E-state index in [1.54, 1.807) is 30.6 Å². The van der Waals surface area contributed by atoms with E-state index in [0.29, 0.717) is 23.7 Å². The molecule has 4 rings (SSSR count). The number of fused-ring (bicyclic) bond motifs is 1. The highest BCUT2D eigenvalue weighted by Gasteiger charge is 2.13. The molecule has 0 saturated carbocycles. The molecule has 0 aliphatic carbocycles. The lowest BCUT2D eigenvalue weighted by atomic mass is 9.93. The molecule has 0 bridgehead atoms. The Labute approximate surface area is 215 Å². The molecule has 0 spiro atoms. The fourth-order valence-corrected chi connectivity index (χ4v) is 4.03. The molecule has 0 radical (unpaired) electrons. The van der Waals surface area contributed by atoms with Gasteiger partial charge >= 0.3 is 0 Å². The van der Waals surface area contributed by atoms with E-state index in [-0.39, 0.29) is 23.2 Å². The smallest absolute Gasteiger partial charge is 0.221 e. The second-order valence-electron chi connectivity index (χ2n) is 8.51. The molecule has 0 saturated heterocycles. The van der Waals surface area contributed by atoms with Crippen LogP contribution in [0.2, 0.25) is 5.02 Å². The lowest BCUT2D eigenvalue weighted by molar-refractivity contribution is 0.102. The Kier molecular flexibility index (Phi) is 8.18. The van der Waals surface area contributed by atoms with Crippen LogP contribution in [0.15, 0.2) is 76.5 Å². The van der Waals surface area contributed by atoms with Gasteiger partial charge in [0.2, 0.25) is 5.78 Å². The van der Waals surface area contributed by atoms with Crippen molar-refractivity contribution in [2.75, 3.05) is 18.4 Å². The molecule has 0 fully saturated rings. The van der Waals surface area contributed by atoms with Gasteiger partial charge in [-0.15, -0.1) is 0 Å². The van der Waals surface area contributed by atoms with Crippen molar-refractivity contribution in [3.05, 3.63) is 94.5 Å². The molecule has 2 aromatic carbocycles. The molecular weight excluding hydrogens is 474 g/mol. The van der Waals surface area contributed by atoms with Gasteiger partial charge in [-0.1, -0.05) is 31.5 Å². The van der Waals surface area contributed by atoms with E-state index in [1.807, 2.05) is 36.4 Å². The van der Waals surface area contributed by atoms with Gasteiger partial charge < -0.3 is 14.8 Å². The summed E-state index contributed by atoms with van der Waals surface area (Å²) in [6.45, 7) is 5.25. The number of benzene rings is 2. The third kappa shape index (κ3) is 6.01. The summed E-state index contributed by atoms with van der Waals surface area (Å²) in [6, 6.07) is 14.6. The minimum atomic E-state index is -0.217. The first-order valence-corrected chi connectivity index (χ1v) is 12.2. The largest absolute Gasteiger partial charge is 0.507 e. The van der Waals surface area contributed by atoms with Gasteiger partial charge in [0.05, 0.1) is 18.3 Å². The number of allylic oxidation sites excluding steroid dienone is 1. The van der Waals surface area contributed by atoms with Crippen LogP contribution in [0.4, 0.5) is 5.69 Å². The standard InChI is InChI=1S/C29H28ClN3O3/c1-3-19(2)24-16-20(6-9-27(34)28-5-4-14-36-28)15-21(29(24)35)18-31-12-13-33-25-10-11-32-26-17-22(30)7-8-23(25)26/h4-11,14-19,35H,3,12-13H2,1-2H3,(H,32,33)/b9-6+,31-18?. The number of aromatic nitrogens is 1. The SMILES string of the molecule is CCC(C)c1cc(/C=C/C(=O)c2ccco2)cc(C=NCCNc2ccnc3cc(Cl)ccc23)c1O. The average molecular weight is 502 g/mol. The first kappa shape index (κ1) is 25.2. The van der Waals surface area contributed by atoms with Gasteiger partial charge in [-0.05, 0) is 78.1 Å². The topological polar surface area (TPSA) is 87.7 Å². The Morgan fingerprint density at radius 1 is 1.25 bits per heavy atom. The van der Waals surface area contributed by atoms with E-state index in [1.165, 1.54) is 12.3 Å². The number of furan rings is 1. The van der Waals surface area contributed by atoms with Crippen molar-refractivity contribution >= 4 is 46.3 Å². The molecule has 0 aliphatic rings. The average Bonchev–Trinajstić information content (AvgIpc) is 3.43. The second-order valence-corrected chi connectivity index (χ2v) is 8.95. The van der Waals surface area contributed by atoms with Crippen LogP contribution in [0, 0.1) is 0 Å². The van der Waals surface area contributed by atoms with E-state index < -0.39 is 0 Å². The normalized spacial score (nSPS) is 12.5. The maximum Gasteiger partial charge on any atom is 0.221 e. The molecule has 4 aromatic rings. The van der Waals surface area contributed by atoms with Crippen LogP contribution < -0.4 is 5.32 Å². The number of nitrogens with one attached hydrogen (secondary N) is 1. The monoisotopic (exact) mass is 501 g/mol. The predicted octanol–water partition coefficient (Wildman–Crippen LogP) is 7.13. The van der Waals surface area contributed by atoms with E-state index in [0.717, 1.165) is 34.1 Å². The van der Waals surface area contributed by atoms with Crippen LogP contribution in [-0.4, -0.2) is 35.2 Å². The lowest BCUT2D eigenvalue weighted by Gasteiger charge is -2.14. The van der Waals surface area contributed by atoms with Gasteiger partial charge in [0, 0.05) is 40.6 Å². The maximum atomic E-state index is 12.3. The van der Waals surface area contributed by atoms with Crippen LogP contribution in [0.1, 0.15) is 53.4 Å². The number of phenolic OH excluding ortho intramolecular Hbond substituents is 1. The molecule has 2 heterocycles. The molecule has 0 aliphatic heterocycles. The number of nitrogens with zero attached hydrogens (tertiary/aromatic N) is 2. The van der Waals surface area contributed by atoms with Gasteiger partial charge in [0.25, 0.3) is 0 Å². The number of hydrogen-bond donors (Lipinski definition) is 2. The minimum Gasteiger partial charge on any atom is -0.507 e. The molecular formula is C29H28ClN3O3. The highest BCUT2D eigenvalue weighted by Crippen LogP contribution is 2.32. The lowest BCUT2D eigenvalue weighted by Crippen LogP contribution is -2.06. The molecule has 1 unspecified atom stereocenters. The molecule has 0 amide bonds. The number of hydrogen-bond acceptors (Lipinski definition) is 6. The number of anilines is 1. The number of carbonyl (C=O) groups excluding carboxylic acids is 1. The zero-order valence-corrected chi connectivity index (χ0v) is 21.0. The van der Waals surface area contributed by atoms with Crippen molar-refractivity contribution in [3.8, 4) is 5.75 Å². The summed E-state index contributed by atoms with van der Waals surface area (Å²) in [5, 5.41) is 15.9. The summed E-state index contributed by atoms with van der Waals surface area (Å²) in [5.74, 6) is 0.436. The van der Waals surface area contributed by atoms with E-state index in [9.17, 15) is 9.90 Å². The summed E-state index contributed by atoms with van der Waals surface area (Å²) < 4.78 is 5.17. The molecule has 2 aromatic heterocycles. The van der Waals surface area contributed by atoms with Crippen molar-refractivity contribution in [2.24, 2.45) is 4.99 Å². The van der Waals surface area contributed by atoms with Crippen LogP contribution in [0.5, 0.6) is 5.75 Å². The molecule has 7 heteroatoms. The second kappa shape index (κ2) is 11.7. The Bertz CT molecular complexity index is 1410. The van der Waals surface area contributed by atoms with E-state index in [4.69, 9.17) is 16.0 Å². The first-order valence-electron chi connectivity index (χ1n) is 11.9. The Morgan fingerprint density at radius 2 is 2.11 bits per heavy atom. The first-order chi connectivity index (χ1) is 17.5. The number of phenols is 1. The number of aromatic hydroxyl groups is 1. The van der Waals surface area contributed by atoms with Gasteiger partial charge in [-0.2, -0.15) is 0 Å². The number of carbonyl (C=O) groups is 1. The number of rotatable bonds is 10. The van der Waals surface area contributed by atoms with E-state index >= 15 is 0 Å². The summed E-state index contributed by atoms with van der Waals surface area (Å²) in [7, 11) is 0. The van der Waals surface area contributed by atoms with Gasteiger partial charge in [-0.25, -0.2) is 0 Å². The quantitative estimate of drug-likeness (QED) is 0.104. The van der Waals surface area contributed by atoms with Crippen molar-refractivity contribution in [1.82, 2.24) is 4.98 Å². The highest BCUT2D eigenvalue weighted by atomic mass is 35.5. The van der Waals surface area contributed by atoms with Gasteiger partial charge in [0.15, 0.2) is 5.76 Å². The van der Waals surface area contributed by atoms with Gasteiger partial charge in [-0.3, -0.25) is 14.8 Å². The van der Waals surface area contributed by atoms with Crippen LogP contribution in [-0.2, 0) is 0 Å². The molecule has 2 N–H and O–H groups in total. The number of pyridine rings is 1. The molecule has 184 valence electrons. The van der Waals surface area contributed by atoms with Crippen LogP contribution >= 0.6 is 11.6 Å². The fraction of sp³-hybridized carbons (Fsp3) is 0.207. The predicted molar refractivity (Wildman–Crippen MR) is 147 cm³/mol. The number of aliphatic imine (C=N–C) groups is 1. The Morgan fingerprint density at radius 3 is 2.89 bits per heavy atom. The van der Waals surface area contributed by atoms with Crippen molar-refractivity contribution < 1.29 is 14.3 Å². The maximum absolute atomic E-state index is 12.3. The minimum absolute atomic E-state index is 0.154. The summed E-state index contributed by atoms with van der Waals surface area (Å²) in [4.78, 5) is 21.2. The number of halogens is 1. The third-order valence-corrected chi connectivity index (χ3v) is 6.25. The third-order valence-electron chi connectivity index (χ3n) is 6.02. The Hall–Kier alpha value is -3.90. The highest BCUT2D eigenvalue weighted by molar-refractivity contribution is 6.31. The molecule has 6 nitrogen and oxygen atoms in total. The molecule has 1 atom stereocenters. The Balaban J connectivity index is 1.48. The van der Waals surface area contributed by atoms with Crippen molar-refractivity contribution in [2.45, 2.75) is 26.2 Å². The van der Waals surface area contributed by atoms with Crippen LogP contribution in [0.3, 0.4) is 0 Å². The zero-order valence-electron chi connectivity index (χ0n) is 20.2. The summed E-state index contributed by atoms with van der Waals surface area (Å²) in [5.41, 5.74) is 4.04. The fourth-order valence-electron chi connectivity index (χ4n) is 3.86. The number of ketones is 1. The van der Waals surface area contributed by atoms with Crippen LogP contribution in [0.25, 0.3) is 17.0 Å².